The van der Waals surface area contributed by atoms with E-state index >= 15 is 0 Å². The number of hydrogen-bond donors (Lipinski definition) is 1. The maximum absolute atomic E-state index is 12.6. The molecule has 0 radical (unpaired) electrons. The van der Waals surface area contributed by atoms with Crippen LogP contribution in [0, 0.1) is 11.8 Å². The lowest BCUT2D eigenvalue weighted by atomic mass is 9.90. The van der Waals surface area contributed by atoms with Gasteiger partial charge in [0.05, 0.1) is 0 Å². The Kier molecular flexibility index (Phi) is 3.88. The Labute approximate surface area is 115 Å². The minimum absolute atomic E-state index is 0.0243. The fourth-order valence-corrected chi connectivity index (χ4v) is 3.17. The molecule has 0 bridgehead atoms. The Morgan fingerprint density at radius 3 is 2.37 bits per heavy atom. The van der Waals surface area contributed by atoms with Crippen molar-refractivity contribution < 1.29 is 9.59 Å². The quantitative estimate of drug-likeness (QED) is 0.848. The summed E-state index contributed by atoms with van der Waals surface area (Å²) in [6.07, 6.45) is 4.89. The molecule has 0 aromatic carbocycles. The average Bonchev–Trinajstić information content (AvgIpc) is 2.82. The summed E-state index contributed by atoms with van der Waals surface area (Å²) in [4.78, 5) is 26.7. The number of amides is 2. The van der Waals surface area contributed by atoms with Crippen LogP contribution in [0.3, 0.4) is 0 Å². The van der Waals surface area contributed by atoms with Gasteiger partial charge in [-0.3, -0.25) is 9.59 Å². The van der Waals surface area contributed by atoms with E-state index in [0.717, 1.165) is 6.54 Å². The molecule has 1 unspecified atom stereocenters. The number of carbonyl (C=O) groups is 2. The Balaban J connectivity index is 2.19. The van der Waals surface area contributed by atoms with Crippen LogP contribution in [0.4, 0.5) is 0 Å². The van der Waals surface area contributed by atoms with E-state index in [2.05, 4.69) is 5.32 Å². The van der Waals surface area contributed by atoms with Crippen molar-refractivity contribution in [3.8, 4) is 0 Å². The molecule has 1 atom stereocenters. The van der Waals surface area contributed by atoms with Crippen molar-refractivity contribution in [2.75, 3.05) is 6.54 Å². The molecule has 1 N–H and O–H groups in total. The predicted octanol–water partition coefficient (Wildman–Crippen LogP) is 1.94. The maximum atomic E-state index is 12.6. The molecule has 2 rings (SSSR count). The van der Waals surface area contributed by atoms with E-state index in [-0.39, 0.29) is 23.8 Å². The zero-order valence-electron chi connectivity index (χ0n) is 12.5. The lowest BCUT2D eigenvalue weighted by Gasteiger charge is -2.46. The van der Waals surface area contributed by atoms with Crippen molar-refractivity contribution in [1.29, 1.82) is 0 Å². The average molecular weight is 266 g/mol. The Bertz CT molecular complexity index is 370. The van der Waals surface area contributed by atoms with Crippen molar-refractivity contribution in [3.05, 3.63) is 0 Å². The molecular weight excluding hydrogens is 240 g/mol. The first kappa shape index (κ1) is 14.4. The van der Waals surface area contributed by atoms with Gasteiger partial charge in [0.25, 0.3) is 0 Å². The number of piperazine rings is 1. The van der Waals surface area contributed by atoms with Gasteiger partial charge in [0.1, 0.15) is 11.6 Å². The van der Waals surface area contributed by atoms with Crippen LogP contribution in [0.2, 0.25) is 0 Å². The Hall–Kier alpha value is -1.06. The molecular formula is C15H26N2O2. The molecule has 1 heterocycles. The zero-order chi connectivity index (χ0) is 14.2. The van der Waals surface area contributed by atoms with Gasteiger partial charge in [0.2, 0.25) is 11.8 Å². The van der Waals surface area contributed by atoms with Crippen molar-refractivity contribution in [3.63, 3.8) is 0 Å². The molecule has 2 amide bonds. The lowest BCUT2D eigenvalue weighted by Crippen LogP contribution is -2.69. The van der Waals surface area contributed by atoms with Gasteiger partial charge in [-0.05, 0) is 38.5 Å². The smallest absolute Gasteiger partial charge is 0.246 e. The summed E-state index contributed by atoms with van der Waals surface area (Å²) >= 11 is 0. The van der Waals surface area contributed by atoms with Crippen molar-refractivity contribution in [2.45, 2.75) is 65.0 Å². The topological polar surface area (TPSA) is 49.4 Å². The Morgan fingerprint density at radius 1 is 1.26 bits per heavy atom. The third-order valence-corrected chi connectivity index (χ3v) is 4.63. The van der Waals surface area contributed by atoms with E-state index in [9.17, 15) is 9.59 Å². The fourth-order valence-electron chi connectivity index (χ4n) is 3.17. The highest BCUT2D eigenvalue weighted by Crippen LogP contribution is 2.30. The molecule has 0 spiro atoms. The van der Waals surface area contributed by atoms with Gasteiger partial charge in [-0.15, -0.1) is 0 Å². The van der Waals surface area contributed by atoms with E-state index in [0.29, 0.717) is 5.92 Å². The van der Waals surface area contributed by atoms with E-state index in [4.69, 9.17) is 0 Å². The summed E-state index contributed by atoms with van der Waals surface area (Å²) in [5.74, 6) is 0.774. The molecule has 19 heavy (non-hydrogen) atoms. The number of carbonyl (C=O) groups excluding carboxylic acids is 2. The van der Waals surface area contributed by atoms with Gasteiger partial charge in [-0.25, -0.2) is 0 Å². The SMILES string of the molecule is CC(C)C1NC(=O)C(C)(C)N(CC2CCCC2)C1=O. The van der Waals surface area contributed by atoms with Crippen LogP contribution in [0.15, 0.2) is 0 Å². The zero-order valence-corrected chi connectivity index (χ0v) is 12.5. The highest BCUT2D eigenvalue weighted by atomic mass is 16.2. The second-order valence-corrected chi connectivity index (χ2v) is 6.85. The van der Waals surface area contributed by atoms with Crippen molar-refractivity contribution in [1.82, 2.24) is 10.2 Å². The van der Waals surface area contributed by atoms with Crippen LogP contribution >= 0.6 is 0 Å². The monoisotopic (exact) mass is 266 g/mol. The molecule has 108 valence electrons. The maximum Gasteiger partial charge on any atom is 0.246 e. The van der Waals surface area contributed by atoms with Crippen LogP contribution in [0.5, 0.6) is 0 Å². The number of hydrogen-bond acceptors (Lipinski definition) is 2. The molecule has 1 aliphatic heterocycles. The normalized spacial score (nSPS) is 28.1. The lowest BCUT2D eigenvalue weighted by molar-refractivity contribution is -0.157. The summed E-state index contributed by atoms with van der Waals surface area (Å²) in [6, 6.07) is -0.359. The summed E-state index contributed by atoms with van der Waals surface area (Å²) in [5, 5.41) is 2.88. The van der Waals surface area contributed by atoms with Crippen molar-refractivity contribution in [2.24, 2.45) is 11.8 Å². The van der Waals surface area contributed by atoms with Gasteiger partial charge in [-0.1, -0.05) is 26.7 Å². The first-order chi connectivity index (χ1) is 8.84. The second-order valence-electron chi connectivity index (χ2n) is 6.85. The van der Waals surface area contributed by atoms with Crippen LogP contribution in [-0.4, -0.2) is 34.8 Å². The Morgan fingerprint density at radius 2 is 1.84 bits per heavy atom. The van der Waals surface area contributed by atoms with Crippen LogP contribution in [0.1, 0.15) is 53.4 Å². The van der Waals surface area contributed by atoms with Gasteiger partial charge >= 0.3 is 0 Å². The number of nitrogens with zero attached hydrogens (tertiary/aromatic N) is 1. The van der Waals surface area contributed by atoms with Gasteiger partial charge in [0.15, 0.2) is 0 Å². The highest BCUT2D eigenvalue weighted by Gasteiger charge is 2.47. The molecule has 1 saturated heterocycles. The van der Waals surface area contributed by atoms with E-state index in [1.165, 1.54) is 25.7 Å². The molecule has 2 fully saturated rings. The van der Waals surface area contributed by atoms with Crippen LogP contribution in [-0.2, 0) is 9.59 Å². The molecule has 1 aliphatic carbocycles. The number of rotatable bonds is 3. The standard InChI is InChI=1S/C15H26N2O2/c1-10(2)12-13(18)17(9-11-7-5-6-8-11)15(3,4)14(19)16-12/h10-12H,5-9H2,1-4H3,(H,16,19). The summed E-state index contributed by atoms with van der Waals surface area (Å²) in [7, 11) is 0. The largest absolute Gasteiger partial charge is 0.342 e. The summed E-state index contributed by atoms with van der Waals surface area (Å²) in [6.45, 7) is 8.41. The van der Waals surface area contributed by atoms with Gasteiger partial charge in [-0.2, -0.15) is 0 Å². The molecule has 4 nitrogen and oxygen atoms in total. The van der Waals surface area contributed by atoms with Gasteiger partial charge in [0, 0.05) is 6.54 Å². The minimum Gasteiger partial charge on any atom is -0.342 e. The number of nitrogens with one attached hydrogen (secondary N) is 1. The minimum atomic E-state index is -0.717. The predicted molar refractivity (Wildman–Crippen MR) is 74.5 cm³/mol. The molecule has 4 heteroatoms. The van der Waals surface area contributed by atoms with Crippen molar-refractivity contribution >= 4 is 11.8 Å². The summed E-state index contributed by atoms with van der Waals surface area (Å²) in [5.41, 5.74) is -0.717. The second kappa shape index (κ2) is 5.14. The third kappa shape index (κ3) is 2.63. The summed E-state index contributed by atoms with van der Waals surface area (Å²) < 4.78 is 0. The molecule has 1 saturated carbocycles. The first-order valence-electron chi connectivity index (χ1n) is 7.46. The highest BCUT2D eigenvalue weighted by molar-refractivity contribution is 5.99. The molecule has 0 aromatic heterocycles. The molecule has 2 aliphatic rings. The fraction of sp³-hybridized carbons (Fsp3) is 0.867. The van der Waals surface area contributed by atoms with E-state index in [1.807, 2.05) is 32.6 Å². The van der Waals surface area contributed by atoms with Crippen LogP contribution < -0.4 is 5.32 Å². The van der Waals surface area contributed by atoms with Crippen LogP contribution in [0.25, 0.3) is 0 Å². The first-order valence-corrected chi connectivity index (χ1v) is 7.46. The van der Waals surface area contributed by atoms with E-state index in [1.54, 1.807) is 0 Å². The third-order valence-electron chi connectivity index (χ3n) is 4.63. The van der Waals surface area contributed by atoms with Gasteiger partial charge < -0.3 is 10.2 Å². The molecule has 0 aromatic rings. The van der Waals surface area contributed by atoms with E-state index < -0.39 is 5.54 Å².